The quantitative estimate of drug-likeness (QED) is 0.668. The Morgan fingerprint density at radius 1 is 1.25 bits per heavy atom. The van der Waals surface area contributed by atoms with Crippen LogP contribution in [0.4, 0.5) is 0 Å². The highest BCUT2D eigenvalue weighted by Gasteiger charge is 2.12. The van der Waals surface area contributed by atoms with E-state index in [2.05, 4.69) is 17.1 Å². The lowest BCUT2D eigenvalue weighted by atomic mass is 10.2. The highest BCUT2D eigenvalue weighted by Crippen LogP contribution is 2.24. The molecule has 0 radical (unpaired) electrons. The van der Waals surface area contributed by atoms with Gasteiger partial charge in [0.15, 0.2) is 0 Å². The molecule has 1 aromatic heterocycles. The molecule has 0 spiro atoms. The smallest absolute Gasteiger partial charge is 0.129 e. The van der Waals surface area contributed by atoms with Crippen molar-refractivity contribution in [3.8, 4) is 11.8 Å². The van der Waals surface area contributed by atoms with Crippen LogP contribution < -0.4 is 0 Å². The number of aromatic nitrogens is 2. The Morgan fingerprint density at radius 3 is 2.85 bits per heavy atom. The second kappa shape index (κ2) is 4.99. The van der Waals surface area contributed by atoms with Crippen molar-refractivity contribution in [1.82, 2.24) is 9.55 Å². The van der Waals surface area contributed by atoms with Crippen molar-refractivity contribution in [2.45, 2.75) is 12.8 Å². The monoisotopic (exact) mass is 281 g/mol. The van der Waals surface area contributed by atoms with Crippen molar-refractivity contribution in [2.24, 2.45) is 0 Å². The van der Waals surface area contributed by atoms with E-state index in [4.69, 9.17) is 16.9 Å². The zero-order valence-electron chi connectivity index (χ0n) is 11.0. The van der Waals surface area contributed by atoms with E-state index in [9.17, 15) is 0 Å². The van der Waals surface area contributed by atoms with Crippen LogP contribution in [0.2, 0.25) is 0 Å². The molecule has 3 nitrogen and oxygen atoms in total. The van der Waals surface area contributed by atoms with Crippen LogP contribution in [-0.4, -0.2) is 9.55 Å². The molecule has 4 heteroatoms. The lowest BCUT2D eigenvalue weighted by molar-refractivity contribution is 0.981. The zero-order chi connectivity index (χ0) is 14.1. The van der Waals surface area contributed by atoms with Gasteiger partial charge in [-0.3, -0.25) is 4.57 Å². The number of aryl methyl sites for hydroxylation is 1. The number of halogens is 1. The Morgan fingerprint density at radius 2 is 2.10 bits per heavy atom. The van der Waals surface area contributed by atoms with Gasteiger partial charge in [0.25, 0.3) is 0 Å². The first kappa shape index (κ1) is 12.7. The van der Waals surface area contributed by atoms with Crippen molar-refractivity contribution in [3.05, 3.63) is 59.4 Å². The molecule has 1 heterocycles. The standard InChI is InChI=1S/C16H12ClN3/c1-11-5-6-14-15(7-11)20(16(9-17)19-14)13-4-2-3-12(8-13)10-18/h2-8H,9H2,1H3. The third-order valence-corrected chi connectivity index (χ3v) is 3.47. The number of fused-ring (bicyclic) bond motifs is 1. The zero-order valence-corrected chi connectivity index (χ0v) is 11.7. The molecule has 0 aliphatic heterocycles. The first-order chi connectivity index (χ1) is 9.72. The average molecular weight is 282 g/mol. The van der Waals surface area contributed by atoms with E-state index in [-0.39, 0.29) is 0 Å². The summed E-state index contributed by atoms with van der Waals surface area (Å²) in [6, 6.07) is 15.7. The maximum Gasteiger partial charge on any atom is 0.129 e. The highest BCUT2D eigenvalue weighted by molar-refractivity contribution is 6.17. The Bertz CT molecular complexity index is 827. The predicted octanol–water partition coefficient (Wildman–Crippen LogP) is 3.94. The second-order valence-electron chi connectivity index (χ2n) is 4.65. The van der Waals surface area contributed by atoms with Crippen LogP contribution in [-0.2, 0) is 5.88 Å². The molecule has 0 aliphatic carbocycles. The molecule has 0 saturated heterocycles. The molecular formula is C16H12ClN3. The van der Waals surface area contributed by atoms with Gasteiger partial charge in [0.1, 0.15) is 5.82 Å². The fourth-order valence-corrected chi connectivity index (χ4v) is 2.51. The Hall–Kier alpha value is -2.31. The van der Waals surface area contributed by atoms with E-state index in [0.29, 0.717) is 11.4 Å². The molecule has 20 heavy (non-hydrogen) atoms. The van der Waals surface area contributed by atoms with Gasteiger partial charge in [-0.2, -0.15) is 5.26 Å². The van der Waals surface area contributed by atoms with Gasteiger partial charge in [-0.25, -0.2) is 4.98 Å². The van der Waals surface area contributed by atoms with Crippen LogP contribution in [0.1, 0.15) is 17.0 Å². The van der Waals surface area contributed by atoms with Gasteiger partial charge in [-0.1, -0.05) is 12.1 Å². The van der Waals surface area contributed by atoms with E-state index in [1.54, 1.807) is 6.07 Å². The number of imidazole rings is 1. The van der Waals surface area contributed by atoms with E-state index in [0.717, 1.165) is 28.1 Å². The fourth-order valence-electron chi connectivity index (χ4n) is 2.33. The molecule has 3 rings (SSSR count). The van der Waals surface area contributed by atoms with Crippen LogP contribution in [0, 0.1) is 18.3 Å². The molecule has 0 unspecified atom stereocenters. The summed E-state index contributed by atoms with van der Waals surface area (Å²) in [6.07, 6.45) is 0. The molecule has 0 atom stereocenters. The number of hydrogen-bond acceptors (Lipinski definition) is 2. The van der Waals surface area contributed by atoms with Crippen molar-refractivity contribution in [2.75, 3.05) is 0 Å². The van der Waals surface area contributed by atoms with Gasteiger partial charge in [0.05, 0.1) is 28.5 Å². The van der Waals surface area contributed by atoms with Gasteiger partial charge in [-0.15, -0.1) is 11.6 Å². The van der Waals surface area contributed by atoms with Crippen LogP contribution >= 0.6 is 11.6 Å². The molecule has 0 N–H and O–H groups in total. The maximum absolute atomic E-state index is 9.04. The summed E-state index contributed by atoms with van der Waals surface area (Å²) in [7, 11) is 0. The van der Waals surface area contributed by atoms with Crippen LogP contribution in [0.5, 0.6) is 0 Å². The number of nitrogens with zero attached hydrogens (tertiary/aromatic N) is 3. The van der Waals surface area contributed by atoms with Gasteiger partial charge < -0.3 is 0 Å². The Labute approximate surface area is 122 Å². The molecule has 0 bridgehead atoms. The summed E-state index contributed by atoms with van der Waals surface area (Å²) >= 11 is 6.02. The Kier molecular flexibility index (Phi) is 3.17. The first-order valence-electron chi connectivity index (χ1n) is 6.27. The molecule has 98 valence electrons. The van der Waals surface area contributed by atoms with Gasteiger partial charge in [-0.05, 0) is 42.8 Å². The summed E-state index contributed by atoms with van der Waals surface area (Å²) in [5, 5.41) is 9.04. The summed E-state index contributed by atoms with van der Waals surface area (Å²) in [5.41, 5.74) is 4.62. The predicted molar refractivity (Wildman–Crippen MR) is 80.1 cm³/mol. The number of hydrogen-bond donors (Lipinski definition) is 0. The fraction of sp³-hybridized carbons (Fsp3) is 0.125. The molecule has 0 amide bonds. The van der Waals surface area contributed by atoms with Crippen LogP contribution in [0.15, 0.2) is 42.5 Å². The van der Waals surface area contributed by atoms with Gasteiger partial charge in [0.2, 0.25) is 0 Å². The minimum atomic E-state index is 0.324. The molecular weight excluding hydrogens is 270 g/mol. The van der Waals surface area contributed by atoms with Crippen LogP contribution in [0.25, 0.3) is 16.7 Å². The molecule has 0 aliphatic rings. The maximum atomic E-state index is 9.04. The minimum absolute atomic E-state index is 0.324. The third-order valence-electron chi connectivity index (χ3n) is 3.23. The summed E-state index contributed by atoms with van der Waals surface area (Å²) in [4.78, 5) is 4.55. The van der Waals surface area contributed by atoms with E-state index in [1.807, 2.05) is 41.8 Å². The lowest BCUT2D eigenvalue weighted by Gasteiger charge is -2.08. The number of nitriles is 1. The summed E-state index contributed by atoms with van der Waals surface area (Å²) in [6.45, 7) is 2.04. The summed E-state index contributed by atoms with van der Waals surface area (Å²) < 4.78 is 2.01. The molecule has 3 aromatic rings. The molecule has 0 fully saturated rings. The van der Waals surface area contributed by atoms with E-state index < -0.39 is 0 Å². The SMILES string of the molecule is Cc1ccc2nc(CCl)n(-c3cccc(C#N)c3)c2c1. The largest absolute Gasteiger partial charge is 0.295 e. The molecule has 0 saturated carbocycles. The first-order valence-corrected chi connectivity index (χ1v) is 6.81. The van der Waals surface area contributed by atoms with Crippen molar-refractivity contribution < 1.29 is 0 Å². The van der Waals surface area contributed by atoms with Crippen molar-refractivity contribution in [1.29, 1.82) is 5.26 Å². The minimum Gasteiger partial charge on any atom is -0.295 e. The van der Waals surface area contributed by atoms with E-state index in [1.165, 1.54) is 0 Å². The Balaban J connectivity index is 2.33. The van der Waals surface area contributed by atoms with Crippen molar-refractivity contribution >= 4 is 22.6 Å². The van der Waals surface area contributed by atoms with Gasteiger partial charge >= 0.3 is 0 Å². The second-order valence-corrected chi connectivity index (χ2v) is 4.92. The molecule has 2 aromatic carbocycles. The van der Waals surface area contributed by atoms with Gasteiger partial charge in [0, 0.05) is 5.69 Å². The highest BCUT2D eigenvalue weighted by atomic mass is 35.5. The van der Waals surface area contributed by atoms with Crippen molar-refractivity contribution in [3.63, 3.8) is 0 Å². The topological polar surface area (TPSA) is 41.6 Å². The lowest BCUT2D eigenvalue weighted by Crippen LogP contribution is -1.99. The van der Waals surface area contributed by atoms with Crippen LogP contribution in [0.3, 0.4) is 0 Å². The number of rotatable bonds is 2. The number of benzene rings is 2. The summed E-state index contributed by atoms with van der Waals surface area (Å²) in [5.74, 6) is 1.10. The normalized spacial score (nSPS) is 10.7. The average Bonchev–Trinajstić information content (AvgIpc) is 2.85. The van der Waals surface area contributed by atoms with E-state index >= 15 is 0 Å². The third kappa shape index (κ3) is 2.04. The number of alkyl halides is 1.